The number of nitrogens with zero attached hydrogens (tertiary/aromatic N) is 2. The number of hydrogen-bond donors (Lipinski definition) is 0. The number of hydrogen-bond acceptors (Lipinski definition) is 4. The van der Waals surface area contributed by atoms with Crippen LogP contribution in [-0.4, -0.2) is 21.6 Å². The first-order valence-corrected chi connectivity index (χ1v) is 9.73. The van der Waals surface area contributed by atoms with E-state index in [2.05, 4.69) is 25.9 Å². The van der Waals surface area contributed by atoms with Crippen LogP contribution in [0.15, 0.2) is 83.4 Å². The third kappa shape index (κ3) is 3.69. The summed E-state index contributed by atoms with van der Waals surface area (Å²) in [5.74, 6) is -1.90. The summed E-state index contributed by atoms with van der Waals surface area (Å²) >= 11 is 3.40. The number of benzene rings is 1. The van der Waals surface area contributed by atoms with E-state index in [0.29, 0.717) is 11.1 Å². The van der Waals surface area contributed by atoms with Gasteiger partial charge < -0.3 is 10.0 Å². The van der Waals surface area contributed by atoms with Crippen molar-refractivity contribution in [2.24, 2.45) is 0 Å². The second-order valence-corrected chi connectivity index (χ2v) is 7.52. The number of pyridine rings is 2. The average molecular weight is 450 g/mol. The fraction of sp³-hybridized carbons (Fsp3) is 0.0909. The van der Waals surface area contributed by atoms with Gasteiger partial charge in [-0.15, -0.1) is 0 Å². The van der Waals surface area contributed by atoms with Gasteiger partial charge in [-0.05, 0) is 41.5 Å². The second kappa shape index (κ2) is 7.97. The Balaban J connectivity index is 1.86. The first kappa shape index (κ1) is 19.0. The van der Waals surface area contributed by atoms with E-state index in [1.165, 1.54) is 17.3 Å². The zero-order valence-electron chi connectivity index (χ0n) is 15.2. The minimum absolute atomic E-state index is 0.0385. The van der Waals surface area contributed by atoms with Crippen LogP contribution < -0.4 is 10.1 Å². The molecule has 1 fully saturated rings. The Bertz CT molecular complexity index is 1080. The molecule has 1 atom stereocenters. The largest absolute Gasteiger partial charge is 0.872 e. The molecule has 0 spiro atoms. The molecular weight excluding hydrogens is 434 g/mol. The van der Waals surface area contributed by atoms with Crippen LogP contribution in [0, 0.1) is 0 Å². The summed E-state index contributed by atoms with van der Waals surface area (Å²) < 4.78 is 0.864. The molecule has 0 saturated carbocycles. The Labute approximate surface area is 175 Å². The number of carbonyl (C=O) groups excluding carboxylic acids is 2. The Morgan fingerprint density at radius 2 is 1.83 bits per heavy atom. The van der Waals surface area contributed by atoms with Gasteiger partial charge in [0.25, 0.3) is 5.91 Å². The highest BCUT2D eigenvalue weighted by Crippen LogP contribution is 2.39. The van der Waals surface area contributed by atoms with Crippen molar-refractivity contribution in [3.63, 3.8) is 0 Å². The van der Waals surface area contributed by atoms with Crippen LogP contribution >= 0.6 is 15.9 Å². The minimum atomic E-state index is -0.764. The van der Waals surface area contributed by atoms with Crippen LogP contribution in [0.3, 0.4) is 0 Å². The fourth-order valence-electron chi connectivity index (χ4n) is 3.41. The molecule has 144 valence electrons. The minimum Gasteiger partial charge on any atom is -0.872 e. The Hall–Kier alpha value is -3.32. The van der Waals surface area contributed by atoms with Gasteiger partial charge >= 0.3 is 0 Å². The lowest BCUT2D eigenvalue weighted by atomic mass is 9.95. The summed E-state index contributed by atoms with van der Waals surface area (Å²) in [6.07, 6.45) is 6.50. The summed E-state index contributed by atoms with van der Waals surface area (Å²) in [6, 6.07) is 13.3. The molecule has 0 radical (unpaired) electrons. The molecule has 1 aromatic carbocycles. The lowest BCUT2D eigenvalue weighted by Crippen LogP contribution is -2.29. The van der Waals surface area contributed by atoms with E-state index in [-0.39, 0.29) is 12.1 Å². The predicted molar refractivity (Wildman–Crippen MR) is 107 cm³/mol. The highest BCUT2D eigenvalue weighted by Gasteiger charge is 2.44. The summed E-state index contributed by atoms with van der Waals surface area (Å²) in [7, 11) is 0. The highest BCUT2D eigenvalue weighted by molar-refractivity contribution is 9.10. The maximum Gasteiger partial charge on any atom is 0.295 e. The van der Waals surface area contributed by atoms with Crippen LogP contribution in [0.2, 0.25) is 0 Å². The Kier molecular flexibility index (Phi) is 5.22. The Morgan fingerprint density at radius 1 is 1.10 bits per heavy atom. The zero-order chi connectivity index (χ0) is 20.4. The quantitative estimate of drug-likeness (QED) is 0.346. The smallest absolute Gasteiger partial charge is 0.295 e. The van der Waals surface area contributed by atoms with E-state index in [9.17, 15) is 14.7 Å². The molecule has 1 N–H and O–H groups in total. The summed E-state index contributed by atoms with van der Waals surface area (Å²) in [4.78, 5) is 34.1. The van der Waals surface area contributed by atoms with Crippen LogP contribution in [0.25, 0.3) is 5.76 Å². The second-order valence-electron chi connectivity index (χ2n) is 6.61. The number of carbonyl (C=O) groups is 2. The van der Waals surface area contributed by atoms with Gasteiger partial charge in [-0.2, -0.15) is 0 Å². The molecule has 1 unspecified atom stereocenters. The number of likely N-dealkylation sites (tertiary alicyclic amines) is 1. The number of rotatable bonds is 4. The normalized spacial score (nSPS) is 18.2. The van der Waals surface area contributed by atoms with Gasteiger partial charge in [-0.3, -0.25) is 14.6 Å². The first-order chi connectivity index (χ1) is 14.1. The molecule has 1 amide bonds. The third-order valence-electron chi connectivity index (χ3n) is 4.78. The standard InChI is InChI=1S/C22H16BrN3O3/c23-17-5-3-15(4-6-17)19-18(20(27)16-7-10-24-11-8-16)21(28)22(29)26(19)13-14-2-1-9-25-12-14/h1-12,19,27H,13H2. The number of H-pyrrole nitrogens is 1. The Morgan fingerprint density at radius 3 is 2.48 bits per heavy atom. The molecule has 1 aliphatic heterocycles. The highest BCUT2D eigenvalue weighted by atomic mass is 79.9. The molecule has 3 aromatic rings. The van der Waals surface area contributed by atoms with E-state index in [0.717, 1.165) is 10.0 Å². The topological polar surface area (TPSA) is 87.5 Å². The van der Waals surface area contributed by atoms with Crippen molar-refractivity contribution in [2.45, 2.75) is 12.6 Å². The van der Waals surface area contributed by atoms with Gasteiger partial charge in [0.1, 0.15) is 0 Å². The van der Waals surface area contributed by atoms with Crippen molar-refractivity contribution >= 4 is 33.4 Å². The van der Waals surface area contributed by atoms with E-state index in [4.69, 9.17) is 0 Å². The van der Waals surface area contributed by atoms with Gasteiger partial charge in [-0.1, -0.05) is 33.8 Å². The summed E-state index contributed by atoms with van der Waals surface area (Å²) in [5.41, 5.74) is 1.81. The lowest BCUT2D eigenvalue weighted by molar-refractivity contribution is -0.378. The number of nitrogens with one attached hydrogen (secondary N) is 1. The summed E-state index contributed by atoms with van der Waals surface area (Å²) in [5, 5.41) is 13.2. The maximum atomic E-state index is 13.2. The molecule has 4 rings (SSSR count). The van der Waals surface area contributed by atoms with Crippen molar-refractivity contribution < 1.29 is 19.7 Å². The van der Waals surface area contributed by atoms with Gasteiger partial charge in [0.05, 0.1) is 12.6 Å². The van der Waals surface area contributed by atoms with Crippen molar-refractivity contribution in [1.82, 2.24) is 9.88 Å². The molecule has 2 aromatic heterocycles. The van der Waals surface area contributed by atoms with Gasteiger partial charge in [-0.25, -0.2) is 4.98 Å². The van der Waals surface area contributed by atoms with Crippen LogP contribution in [-0.2, 0) is 16.1 Å². The zero-order valence-corrected chi connectivity index (χ0v) is 16.8. The molecule has 6 nitrogen and oxygen atoms in total. The molecule has 3 heterocycles. The van der Waals surface area contributed by atoms with Crippen molar-refractivity contribution in [1.29, 1.82) is 0 Å². The van der Waals surface area contributed by atoms with Crippen LogP contribution in [0.4, 0.5) is 0 Å². The van der Waals surface area contributed by atoms with Crippen LogP contribution in [0.5, 0.6) is 0 Å². The fourth-order valence-corrected chi connectivity index (χ4v) is 3.67. The van der Waals surface area contributed by atoms with E-state index < -0.39 is 23.5 Å². The maximum absolute atomic E-state index is 13.2. The van der Waals surface area contributed by atoms with E-state index in [1.54, 1.807) is 24.5 Å². The number of halogens is 1. The average Bonchev–Trinajstić information content (AvgIpc) is 3.00. The molecular formula is C22H16BrN3O3. The predicted octanol–water partition coefficient (Wildman–Crippen LogP) is 2.08. The molecule has 1 aliphatic rings. The molecule has 0 bridgehead atoms. The molecule has 0 aliphatic carbocycles. The number of aromatic nitrogens is 2. The van der Waals surface area contributed by atoms with Crippen molar-refractivity contribution in [3.8, 4) is 0 Å². The van der Waals surface area contributed by atoms with Gasteiger partial charge in [0, 0.05) is 34.1 Å². The number of ketones is 1. The molecule has 1 saturated heterocycles. The van der Waals surface area contributed by atoms with Crippen molar-refractivity contribution in [2.75, 3.05) is 0 Å². The summed E-state index contributed by atoms with van der Waals surface area (Å²) in [6.45, 7) is 0.204. The lowest BCUT2D eigenvalue weighted by Gasteiger charge is -2.27. The molecule has 29 heavy (non-hydrogen) atoms. The van der Waals surface area contributed by atoms with Crippen molar-refractivity contribution in [3.05, 3.63) is 100 Å². The molecule has 7 heteroatoms. The first-order valence-electron chi connectivity index (χ1n) is 8.93. The monoisotopic (exact) mass is 449 g/mol. The number of amides is 1. The number of aromatic amines is 1. The third-order valence-corrected chi connectivity index (χ3v) is 5.31. The van der Waals surface area contributed by atoms with Crippen LogP contribution in [0.1, 0.15) is 22.7 Å². The van der Waals surface area contributed by atoms with E-state index >= 15 is 0 Å². The van der Waals surface area contributed by atoms with Gasteiger partial charge in [0.15, 0.2) is 12.4 Å². The SMILES string of the molecule is O=C1C(=O)N(Cc2ccc[nH+]c2)C(c2ccc(Br)cc2)C1=C([O-])c1ccncc1. The van der Waals surface area contributed by atoms with Gasteiger partial charge in [0.2, 0.25) is 5.78 Å². The number of Topliss-reactive ketones (excluding diaryl/α,β-unsaturated/α-hetero) is 1. The van der Waals surface area contributed by atoms with E-state index in [1.807, 2.05) is 36.4 Å².